The van der Waals surface area contributed by atoms with Crippen LogP contribution in [-0.2, 0) is 9.53 Å². The van der Waals surface area contributed by atoms with E-state index >= 15 is 0 Å². The van der Waals surface area contributed by atoms with Gasteiger partial charge in [-0.2, -0.15) is 0 Å². The van der Waals surface area contributed by atoms with E-state index in [0.29, 0.717) is 4.47 Å². The van der Waals surface area contributed by atoms with Crippen LogP contribution in [0, 0.1) is 0 Å². The highest BCUT2D eigenvalue weighted by Gasteiger charge is 2.31. The van der Waals surface area contributed by atoms with Crippen molar-refractivity contribution < 1.29 is 27.4 Å². The highest BCUT2D eigenvalue weighted by molar-refractivity contribution is 9.10. The number of rotatable bonds is 3. The maximum atomic E-state index is 12.2. The summed E-state index contributed by atoms with van der Waals surface area (Å²) in [5.41, 5.74) is 0.112. The summed E-state index contributed by atoms with van der Waals surface area (Å²) in [6.45, 7) is 0. The first-order valence-electron chi connectivity index (χ1n) is 4.63. The molecule has 0 aromatic heterocycles. The minimum Gasteiger partial charge on any atom is -0.466 e. The Hall–Kier alpha value is -1.50. The van der Waals surface area contributed by atoms with Crippen LogP contribution in [0.2, 0.25) is 0 Å². The van der Waals surface area contributed by atoms with Crippen molar-refractivity contribution in [2.24, 2.45) is 0 Å². The number of esters is 1. The average molecular weight is 325 g/mol. The van der Waals surface area contributed by atoms with Crippen LogP contribution in [-0.4, -0.2) is 19.4 Å². The second-order valence-corrected chi connectivity index (χ2v) is 4.00. The van der Waals surface area contributed by atoms with Crippen molar-refractivity contribution in [2.45, 2.75) is 6.36 Å². The monoisotopic (exact) mass is 324 g/mol. The van der Waals surface area contributed by atoms with Crippen LogP contribution in [0.25, 0.3) is 6.08 Å². The minimum absolute atomic E-state index is 0.112. The van der Waals surface area contributed by atoms with E-state index in [4.69, 9.17) is 0 Å². The molecule has 7 heteroatoms. The van der Waals surface area contributed by atoms with Gasteiger partial charge in [0.05, 0.1) is 7.11 Å². The first kappa shape index (κ1) is 14.6. The molecule has 1 aromatic carbocycles. The topological polar surface area (TPSA) is 35.5 Å². The lowest BCUT2D eigenvalue weighted by atomic mass is 10.2. The van der Waals surface area contributed by atoms with Crippen LogP contribution in [0.5, 0.6) is 5.75 Å². The van der Waals surface area contributed by atoms with Gasteiger partial charge in [-0.1, -0.05) is 22.0 Å². The molecule has 98 valence electrons. The predicted octanol–water partition coefficient (Wildman–Crippen LogP) is 3.53. The molecule has 0 atom stereocenters. The molecule has 0 aliphatic carbocycles. The first-order chi connectivity index (χ1) is 8.31. The maximum Gasteiger partial charge on any atom is 0.573 e. The zero-order chi connectivity index (χ0) is 13.8. The molecule has 0 aliphatic rings. The summed E-state index contributed by atoms with van der Waals surface area (Å²) in [4.78, 5) is 10.9. The molecule has 18 heavy (non-hydrogen) atoms. The minimum atomic E-state index is -4.80. The molecule has 0 bridgehead atoms. The fourth-order valence-corrected chi connectivity index (χ4v) is 1.42. The van der Waals surface area contributed by atoms with Gasteiger partial charge in [-0.15, -0.1) is 13.2 Å². The summed E-state index contributed by atoms with van der Waals surface area (Å²) in [5, 5.41) is 0. The third kappa shape index (κ3) is 4.79. The molecule has 0 N–H and O–H groups in total. The van der Waals surface area contributed by atoms with Crippen LogP contribution in [0.1, 0.15) is 5.56 Å². The SMILES string of the molecule is COC(=O)C=Cc1ccc(Br)cc1OC(F)(F)F. The van der Waals surface area contributed by atoms with Crippen LogP contribution >= 0.6 is 15.9 Å². The molecule has 0 saturated heterocycles. The number of carbonyl (C=O) groups is 1. The largest absolute Gasteiger partial charge is 0.573 e. The van der Waals surface area contributed by atoms with Crippen molar-refractivity contribution in [3.63, 3.8) is 0 Å². The highest BCUT2D eigenvalue weighted by atomic mass is 79.9. The van der Waals surface area contributed by atoms with Crippen molar-refractivity contribution in [1.82, 2.24) is 0 Å². The smallest absolute Gasteiger partial charge is 0.466 e. The van der Waals surface area contributed by atoms with Crippen molar-refractivity contribution in [3.05, 3.63) is 34.3 Å². The standard InChI is InChI=1S/C11H8BrF3O3/c1-17-10(16)5-3-7-2-4-8(12)6-9(7)18-11(13,14)15/h2-6H,1H3. The molecule has 0 amide bonds. The summed E-state index contributed by atoms with van der Waals surface area (Å²) in [6.07, 6.45) is -2.61. The number of hydrogen-bond donors (Lipinski definition) is 0. The Kier molecular flexibility index (Phi) is 4.77. The van der Waals surface area contributed by atoms with Crippen LogP contribution in [0.4, 0.5) is 13.2 Å². The van der Waals surface area contributed by atoms with E-state index in [1.807, 2.05) is 0 Å². The average Bonchev–Trinajstić information content (AvgIpc) is 2.25. The van der Waals surface area contributed by atoms with Gasteiger partial charge in [0.15, 0.2) is 0 Å². The summed E-state index contributed by atoms with van der Waals surface area (Å²) < 4.78 is 45.1. The zero-order valence-corrected chi connectivity index (χ0v) is 10.7. The van der Waals surface area contributed by atoms with Crippen molar-refractivity contribution in [3.8, 4) is 5.75 Å². The molecular formula is C11H8BrF3O3. The van der Waals surface area contributed by atoms with Crippen molar-refractivity contribution in [1.29, 1.82) is 0 Å². The van der Waals surface area contributed by atoms with Gasteiger partial charge in [-0.3, -0.25) is 0 Å². The Morgan fingerprint density at radius 3 is 2.61 bits per heavy atom. The number of hydrogen-bond acceptors (Lipinski definition) is 3. The Morgan fingerprint density at radius 1 is 1.39 bits per heavy atom. The van der Waals surface area contributed by atoms with Gasteiger partial charge in [-0.05, 0) is 18.2 Å². The van der Waals surface area contributed by atoms with Gasteiger partial charge in [-0.25, -0.2) is 4.79 Å². The predicted molar refractivity (Wildman–Crippen MR) is 61.9 cm³/mol. The van der Waals surface area contributed by atoms with E-state index in [1.54, 1.807) is 0 Å². The third-order valence-corrected chi connectivity index (χ3v) is 2.29. The Balaban J connectivity index is 3.04. The van der Waals surface area contributed by atoms with Gasteiger partial charge in [0.25, 0.3) is 0 Å². The summed E-state index contributed by atoms with van der Waals surface area (Å²) in [7, 11) is 1.17. The number of ether oxygens (including phenoxy) is 2. The quantitative estimate of drug-likeness (QED) is 0.630. The van der Waals surface area contributed by atoms with Crippen LogP contribution in [0.3, 0.4) is 0 Å². The Bertz CT molecular complexity index is 469. The summed E-state index contributed by atoms with van der Waals surface area (Å²) in [5.74, 6) is -1.08. The van der Waals surface area contributed by atoms with E-state index in [9.17, 15) is 18.0 Å². The lowest BCUT2D eigenvalue weighted by Crippen LogP contribution is -2.17. The Morgan fingerprint density at radius 2 is 2.06 bits per heavy atom. The van der Waals surface area contributed by atoms with Gasteiger partial charge in [0, 0.05) is 16.1 Å². The third-order valence-electron chi connectivity index (χ3n) is 1.80. The Labute approximate surface area is 109 Å². The maximum absolute atomic E-state index is 12.2. The fourth-order valence-electron chi connectivity index (χ4n) is 1.08. The fraction of sp³-hybridized carbons (Fsp3) is 0.182. The molecule has 0 saturated carbocycles. The first-order valence-corrected chi connectivity index (χ1v) is 5.42. The second-order valence-electron chi connectivity index (χ2n) is 3.09. The highest BCUT2D eigenvalue weighted by Crippen LogP contribution is 2.30. The summed E-state index contributed by atoms with van der Waals surface area (Å²) >= 11 is 3.03. The van der Waals surface area contributed by atoms with Crippen LogP contribution < -0.4 is 4.74 Å². The van der Waals surface area contributed by atoms with E-state index in [1.165, 1.54) is 25.3 Å². The molecule has 0 heterocycles. The number of benzene rings is 1. The zero-order valence-electron chi connectivity index (χ0n) is 9.12. The number of carbonyl (C=O) groups excluding carboxylic acids is 1. The molecule has 0 aliphatic heterocycles. The lowest BCUT2D eigenvalue weighted by molar-refractivity contribution is -0.274. The number of alkyl halides is 3. The molecule has 1 aromatic rings. The van der Waals surface area contributed by atoms with Gasteiger partial charge >= 0.3 is 12.3 Å². The normalized spacial score (nSPS) is 11.6. The molecule has 0 spiro atoms. The van der Waals surface area contributed by atoms with E-state index in [-0.39, 0.29) is 5.56 Å². The molecule has 0 fully saturated rings. The number of halogens is 4. The van der Waals surface area contributed by atoms with Crippen molar-refractivity contribution in [2.75, 3.05) is 7.11 Å². The van der Waals surface area contributed by atoms with E-state index < -0.39 is 18.1 Å². The molecule has 0 unspecified atom stereocenters. The van der Waals surface area contributed by atoms with E-state index in [2.05, 4.69) is 25.4 Å². The molecule has 0 radical (unpaired) electrons. The van der Waals surface area contributed by atoms with Crippen molar-refractivity contribution >= 4 is 28.0 Å². The van der Waals surface area contributed by atoms with Gasteiger partial charge in [0.2, 0.25) is 0 Å². The van der Waals surface area contributed by atoms with Gasteiger partial charge in [0.1, 0.15) is 5.75 Å². The summed E-state index contributed by atoms with van der Waals surface area (Å²) in [6, 6.07) is 4.06. The van der Waals surface area contributed by atoms with E-state index in [0.717, 1.165) is 12.1 Å². The van der Waals surface area contributed by atoms with Gasteiger partial charge < -0.3 is 9.47 Å². The lowest BCUT2D eigenvalue weighted by Gasteiger charge is -2.11. The molecule has 1 rings (SSSR count). The second kappa shape index (κ2) is 5.90. The molecular weight excluding hydrogens is 317 g/mol. The van der Waals surface area contributed by atoms with Crippen LogP contribution in [0.15, 0.2) is 28.7 Å². The number of methoxy groups -OCH3 is 1. The molecule has 3 nitrogen and oxygen atoms in total.